The molecule has 0 radical (unpaired) electrons. The van der Waals surface area contributed by atoms with Crippen LogP contribution in [0.3, 0.4) is 0 Å². The molecule has 0 aromatic rings. The number of hydrogen-bond donors (Lipinski definition) is 2. The molecule has 5 nitrogen and oxygen atoms in total. The second kappa shape index (κ2) is 7.78. The van der Waals surface area contributed by atoms with Gasteiger partial charge in [-0.05, 0) is 32.1 Å². The highest BCUT2D eigenvalue weighted by atomic mass is 16.4. The van der Waals surface area contributed by atoms with Crippen LogP contribution in [0.4, 0.5) is 0 Å². The summed E-state index contributed by atoms with van der Waals surface area (Å²) in [7, 11) is 0. The fourth-order valence-electron chi connectivity index (χ4n) is 3.01. The summed E-state index contributed by atoms with van der Waals surface area (Å²) in [5, 5.41) is 12.5. The zero-order valence-corrected chi connectivity index (χ0v) is 13.8. The van der Waals surface area contributed by atoms with Crippen LogP contribution in [0.1, 0.15) is 53.4 Å². The van der Waals surface area contributed by atoms with Gasteiger partial charge >= 0.3 is 5.97 Å². The predicted octanol–water partition coefficient (Wildman–Crippen LogP) is 2.11. The number of carbonyl (C=O) groups excluding carboxylic acids is 1. The minimum atomic E-state index is -0.680. The molecule has 1 amide bonds. The maximum atomic E-state index is 12.1. The SMILES string of the molecule is CCCC1(C(=O)O)CCN(C(C)C(=O)NCC(C)C)CC1. The Hall–Kier alpha value is -1.10. The van der Waals surface area contributed by atoms with Crippen molar-refractivity contribution in [3.05, 3.63) is 0 Å². The highest BCUT2D eigenvalue weighted by molar-refractivity contribution is 5.81. The second-order valence-corrected chi connectivity index (χ2v) is 6.69. The number of nitrogens with zero attached hydrogens (tertiary/aromatic N) is 1. The molecule has 0 saturated carbocycles. The first-order chi connectivity index (χ1) is 9.82. The first kappa shape index (κ1) is 18.0. The topological polar surface area (TPSA) is 69.6 Å². The van der Waals surface area contributed by atoms with E-state index in [1.54, 1.807) is 0 Å². The van der Waals surface area contributed by atoms with Crippen LogP contribution >= 0.6 is 0 Å². The van der Waals surface area contributed by atoms with Gasteiger partial charge in [0.1, 0.15) is 0 Å². The van der Waals surface area contributed by atoms with Crippen molar-refractivity contribution in [2.24, 2.45) is 11.3 Å². The summed E-state index contributed by atoms with van der Waals surface area (Å²) in [6.07, 6.45) is 2.89. The molecule has 1 rings (SSSR count). The van der Waals surface area contributed by atoms with Gasteiger partial charge < -0.3 is 10.4 Å². The third-order valence-electron chi connectivity index (χ3n) is 4.55. The maximum Gasteiger partial charge on any atom is 0.309 e. The highest BCUT2D eigenvalue weighted by Crippen LogP contribution is 2.36. The van der Waals surface area contributed by atoms with E-state index >= 15 is 0 Å². The zero-order valence-electron chi connectivity index (χ0n) is 13.8. The van der Waals surface area contributed by atoms with E-state index in [1.807, 2.05) is 13.8 Å². The number of piperidine rings is 1. The third kappa shape index (κ3) is 4.70. The summed E-state index contributed by atoms with van der Waals surface area (Å²) >= 11 is 0. The van der Waals surface area contributed by atoms with Crippen LogP contribution in [0.5, 0.6) is 0 Å². The highest BCUT2D eigenvalue weighted by Gasteiger charge is 2.41. The van der Waals surface area contributed by atoms with Crippen LogP contribution < -0.4 is 5.32 Å². The molecule has 1 saturated heterocycles. The van der Waals surface area contributed by atoms with Crippen LogP contribution in [0.15, 0.2) is 0 Å². The van der Waals surface area contributed by atoms with Gasteiger partial charge in [-0.1, -0.05) is 27.2 Å². The first-order valence-electron chi connectivity index (χ1n) is 8.07. The number of likely N-dealkylation sites (tertiary alicyclic amines) is 1. The molecule has 21 heavy (non-hydrogen) atoms. The lowest BCUT2D eigenvalue weighted by Crippen LogP contribution is -2.52. The largest absolute Gasteiger partial charge is 0.481 e. The van der Waals surface area contributed by atoms with Crippen LogP contribution in [0.25, 0.3) is 0 Å². The molecule has 1 aliphatic rings. The lowest BCUT2D eigenvalue weighted by atomic mass is 9.75. The molecule has 1 fully saturated rings. The van der Waals surface area contributed by atoms with E-state index in [0.29, 0.717) is 38.4 Å². The number of hydrogen-bond acceptors (Lipinski definition) is 3. The van der Waals surface area contributed by atoms with Gasteiger partial charge in [0.05, 0.1) is 11.5 Å². The Balaban J connectivity index is 2.54. The number of nitrogens with one attached hydrogen (secondary N) is 1. The van der Waals surface area contributed by atoms with Crippen molar-refractivity contribution in [1.82, 2.24) is 10.2 Å². The third-order valence-corrected chi connectivity index (χ3v) is 4.55. The van der Waals surface area contributed by atoms with E-state index in [-0.39, 0.29) is 11.9 Å². The summed E-state index contributed by atoms with van der Waals surface area (Å²) in [6, 6.07) is -0.183. The van der Waals surface area contributed by atoms with Crippen molar-refractivity contribution in [3.8, 4) is 0 Å². The Labute approximate surface area is 128 Å². The Morgan fingerprint density at radius 2 is 1.81 bits per heavy atom. The summed E-state index contributed by atoms with van der Waals surface area (Å²) in [4.78, 5) is 25.8. The Morgan fingerprint density at radius 3 is 2.24 bits per heavy atom. The average Bonchev–Trinajstić information content (AvgIpc) is 2.44. The van der Waals surface area contributed by atoms with Gasteiger partial charge in [-0.25, -0.2) is 0 Å². The summed E-state index contributed by atoms with van der Waals surface area (Å²) < 4.78 is 0. The smallest absolute Gasteiger partial charge is 0.309 e. The Bertz CT molecular complexity index is 361. The van der Waals surface area contributed by atoms with Gasteiger partial charge in [0.2, 0.25) is 5.91 Å². The van der Waals surface area contributed by atoms with Crippen LogP contribution in [0.2, 0.25) is 0 Å². The van der Waals surface area contributed by atoms with E-state index in [1.165, 1.54) is 0 Å². The van der Waals surface area contributed by atoms with E-state index in [9.17, 15) is 14.7 Å². The van der Waals surface area contributed by atoms with Gasteiger partial charge in [0, 0.05) is 19.6 Å². The lowest BCUT2D eigenvalue weighted by molar-refractivity contribution is -0.153. The van der Waals surface area contributed by atoms with Gasteiger partial charge in [-0.2, -0.15) is 0 Å². The van der Waals surface area contributed by atoms with Crippen molar-refractivity contribution >= 4 is 11.9 Å². The van der Waals surface area contributed by atoms with Gasteiger partial charge in [-0.3, -0.25) is 14.5 Å². The van der Waals surface area contributed by atoms with Crippen LogP contribution in [0, 0.1) is 11.3 Å². The summed E-state index contributed by atoms with van der Waals surface area (Å²) in [5.74, 6) is -0.199. The fourth-order valence-corrected chi connectivity index (χ4v) is 3.01. The average molecular weight is 298 g/mol. The van der Waals surface area contributed by atoms with Crippen molar-refractivity contribution in [1.29, 1.82) is 0 Å². The molecular weight excluding hydrogens is 268 g/mol. The first-order valence-corrected chi connectivity index (χ1v) is 8.07. The number of carboxylic acids is 1. The summed E-state index contributed by atoms with van der Waals surface area (Å²) in [6.45, 7) is 10.1. The van der Waals surface area contributed by atoms with Crippen molar-refractivity contribution in [2.45, 2.75) is 59.4 Å². The van der Waals surface area contributed by atoms with E-state index in [4.69, 9.17) is 0 Å². The molecule has 5 heteroatoms. The molecule has 0 spiro atoms. The van der Waals surface area contributed by atoms with E-state index < -0.39 is 11.4 Å². The van der Waals surface area contributed by atoms with Crippen LogP contribution in [-0.2, 0) is 9.59 Å². The Morgan fingerprint density at radius 1 is 1.24 bits per heavy atom. The number of rotatable bonds is 7. The van der Waals surface area contributed by atoms with E-state index in [0.717, 1.165) is 12.8 Å². The number of aliphatic carboxylic acids is 1. The molecule has 0 bridgehead atoms. The zero-order chi connectivity index (χ0) is 16.0. The van der Waals surface area contributed by atoms with Crippen molar-refractivity contribution < 1.29 is 14.7 Å². The molecule has 0 aliphatic carbocycles. The molecule has 0 aromatic heterocycles. The van der Waals surface area contributed by atoms with Gasteiger partial charge in [-0.15, -0.1) is 0 Å². The normalized spacial score (nSPS) is 20.2. The molecule has 2 N–H and O–H groups in total. The molecule has 1 unspecified atom stereocenters. The van der Waals surface area contributed by atoms with Gasteiger partial charge in [0.25, 0.3) is 0 Å². The molecule has 1 aliphatic heterocycles. The van der Waals surface area contributed by atoms with Crippen molar-refractivity contribution in [3.63, 3.8) is 0 Å². The number of carboxylic acid groups (broad SMARTS) is 1. The molecule has 122 valence electrons. The number of carbonyl (C=O) groups is 2. The van der Waals surface area contributed by atoms with E-state index in [2.05, 4.69) is 24.1 Å². The fraction of sp³-hybridized carbons (Fsp3) is 0.875. The lowest BCUT2D eigenvalue weighted by Gasteiger charge is -2.40. The molecule has 0 aromatic carbocycles. The quantitative estimate of drug-likeness (QED) is 0.755. The van der Waals surface area contributed by atoms with Gasteiger partial charge in [0.15, 0.2) is 0 Å². The predicted molar refractivity (Wildman–Crippen MR) is 83.1 cm³/mol. The summed E-state index contributed by atoms with van der Waals surface area (Å²) in [5.41, 5.74) is -0.584. The minimum Gasteiger partial charge on any atom is -0.481 e. The number of amides is 1. The monoisotopic (exact) mass is 298 g/mol. The molecule has 1 heterocycles. The molecule has 1 atom stereocenters. The Kier molecular flexibility index (Phi) is 6.65. The maximum absolute atomic E-state index is 12.1. The minimum absolute atomic E-state index is 0.0435. The molecular formula is C16H30N2O3. The van der Waals surface area contributed by atoms with Crippen LogP contribution in [-0.4, -0.2) is 47.6 Å². The van der Waals surface area contributed by atoms with Crippen molar-refractivity contribution in [2.75, 3.05) is 19.6 Å². The second-order valence-electron chi connectivity index (χ2n) is 6.69. The standard InChI is InChI=1S/C16H30N2O3/c1-5-6-16(15(20)21)7-9-18(10-8-16)13(4)14(19)17-11-12(2)3/h12-13H,5-11H2,1-4H3,(H,17,19)(H,20,21).